The zero-order chi connectivity index (χ0) is 13.8. The lowest BCUT2D eigenvalue weighted by molar-refractivity contribution is 0.0912. The van der Waals surface area contributed by atoms with E-state index in [4.69, 9.17) is 0 Å². The SMILES string of the molecule is CC1CCCC(C)C1CSCC1C(F)CCCC1F. The van der Waals surface area contributed by atoms with Crippen LogP contribution in [0, 0.1) is 23.7 Å². The molecule has 2 aliphatic carbocycles. The van der Waals surface area contributed by atoms with Crippen molar-refractivity contribution in [3.63, 3.8) is 0 Å². The van der Waals surface area contributed by atoms with E-state index in [0.29, 0.717) is 18.6 Å². The largest absolute Gasteiger partial charge is 0.247 e. The highest BCUT2D eigenvalue weighted by molar-refractivity contribution is 7.99. The van der Waals surface area contributed by atoms with Gasteiger partial charge in [-0.25, -0.2) is 8.78 Å². The van der Waals surface area contributed by atoms with Crippen molar-refractivity contribution in [2.75, 3.05) is 11.5 Å². The molecule has 0 nitrogen and oxygen atoms in total. The van der Waals surface area contributed by atoms with Gasteiger partial charge in [-0.15, -0.1) is 0 Å². The second-order valence-corrected chi connectivity index (χ2v) is 7.79. The first kappa shape index (κ1) is 15.6. The van der Waals surface area contributed by atoms with Crippen molar-refractivity contribution in [2.24, 2.45) is 23.7 Å². The van der Waals surface area contributed by atoms with Crippen LogP contribution in [0.2, 0.25) is 0 Å². The molecule has 0 bridgehead atoms. The molecule has 0 aromatic rings. The maximum absolute atomic E-state index is 13.8. The number of hydrogen-bond donors (Lipinski definition) is 0. The van der Waals surface area contributed by atoms with Gasteiger partial charge in [0, 0.05) is 11.7 Å². The fraction of sp³-hybridized carbons (Fsp3) is 1.00. The summed E-state index contributed by atoms with van der Waals surface area (Å²) in [7, 11) is 0. The van der Waals surface area contributed by atoms with Crippen LogP contribution in [-0.4, -0.2) is 23.8 Å². The summed E-state index contributed by atoms with van der Waals surface area (Å²) in [4.78, 5) is 0. The third-order valence-corrected chi connectivity index (χ3v) is 6.53. The Bertz CT molecular complexity index is 225. The molecule has 0 heterocycles. The summed E-state index contributed by atoms with van der Waals surface area (Å²) in [5.74, 6) is 3.75. The summed E-state index contributed by atoms with van der Waals surface area (Å²) in [6.45, 7) is 4.69. The molecule has 2 saturated carbocycles. The minimum Gasteiger partial charge on any atom is -0.247 e. The molecule has 0 aromatic heterocycles. The van der Waals surface area contributed by atoms with Crippen molar-refractivity contribution in [1.82, 2.24) is 0 Å². The van der Waals surface area contributed by atoms with Gasteiger partial charge in [0.25, 0.3) is 0 Å². The van der Waals surface area contributed by atoms with Crippen LogP contribution in [0.4, 0.5) is 8.78 Å². The molecule has 0 N–H and O–H groups in total. The van der Waals surface area contributed by atoms with Crippen molar-refractivity contribution in [3.8, 4) is 0 Å². The summed E-state index contributed by atoms with van der Waals surface area (Å²) in [5, 5.41) is 0. The van der Waals surface area contributed by atoms with Crippen LogP contribution in [0.3, 0.4) is 0 Å². The first-order valence-corrected chi connectivity index (χ1v) is 9.11. The lowest BCUT2D eigenvalue weighted by Gasteiger charge is -2.35. The van der Waals surface area contributed by atoms with Crippen LogP contribution < -0.4 is 0 Å². The molecule has 0 spiro atoms. The van der Waals surface area contributed by atoms with E-state index in [1.54, 1.807) is 11.8 Å². The monoisotopic (exact) mass is 290 g/mol. The van der Waals surface area contributed by atoms with Crippen molar-refractivity contribution < 1.29 is 8.78 Å². The maximum Gasteiger partial charge on any atom is 0.106 e. The second kappa shape index (κ2) is 7.28. The molecule has 0 radical (unpaired) electrons. The standard InChI is InChI=1S/C16H28F2S/c1-11-5-3-6-12(2)13(11)9-19-10-14-15(17)7-4-8-16(14)18/h11-16H,3-10H2,1-2H3. The van der Waals surface area contributed by atoms with Gasteiger partial charge >= 0.3 is 0 Å². The summed E-state index contributed by atoms with van der Waals surface area (Å²) in [6.07, 6.45) is 4.07. The predicted molar refractivity (Wildman–Crippen MR) is 80.1 cm³/mol. The van der Waals surface area contributed by atoms with Crippen LogP contribution in [0.25, 0.3) is 0 Å². The zero-order valence-electron chi connectivity index (χ0n) is 12.3. The van der Waals surface area contributed by atoms with Gasteiger partial charge in [0.05, 0.1) is 0 Å². The molecule has 0 amide bonds. The average molecular weight is 290 g/mol. The fourth-order valence-electron chi connectivity index (χ4n) is 3.79. The smallest absolute Gasteiger partial charge is 0.106 e. The quantitative estimate of drug-likeness (QED) is 0.680. The highest BCUT2D eigenvalue weighted by Crippen LogP contribution is 2.38. The van der Waals surface area contributed by atoms with Gasteiger partial charge in [-0.05, 0) is 42.8 Å². The topological polar surface area (TPSA) is 0 Å². The first-order valence-electron chi connectivity index (χ1n) is 7.95. The number of hydrogen-bond acceptors (Lipinski definition) is 1. The van der Waals surface area contributed by atoms with E-state index in [2.05, 4.69) is 13.8 Å². The van der Waals surface area contributed by atoms with Gasteiger partial charge in [-0.3, -0.25) is 0 Å². The average Bonchev–Trinajstić information content (AvgIpc) is 2.36. The molecular formula is C16H28F2S. The van der Waals surface area contributed by atoms with Crippen LogP contribution >= 0.6 is 11.8 Å². The predicted octanol–water partition coefficient (Wildman–Crippen LogP) is 5.27. The third kappa shape index (κ3) is 4.09. The number of thioether (sulfide) groups is 1. The summed E-state index contributed by atoms with van der Waals surface area (Å²) >= 11 is 1.80. The highest BCUT2D eigenvalue weighted by atomic mass is 32.2. The lowest BCUT2D eigenvalue weighted by Crippen LogP contribution is -2.33. The molecular weight excluding hydrogens is 262 g/mol. The Kier molecular flexibility index (Phi) is 5.98. The Morgan fingerprint density at radius 3 is 1.84 bits per heavy atom. The third-order valence-electron chi connectivity index (χ3n) is 5.29. The van der Waals surface area contributed by atoms with Crippen molar-refractivity contribution >= 4 is 11.8 Å². The molecule has 4 unspecified atom stereocenters. The number of rotatable bonds is 4. The van der Waals surface area contributed by atoms with E-state index in [1.807, 2.05) is 0 Å². The van der Waals surface area contributed by atoms with E-state index < -0.39 is 12.3 Å². The molecule has 112 valence electrons. The highest BCUT2D eigenvalue weighted by Gasteiger charge is 2.34. The van der Waals surface area contributed by atoms with E-state index in [1.165, 1.54) is 19.3 Å². The Labute approximate surface area is 121 Å². The van der Waals surface area contributed by atoms with E-state index in [9.17, 15) is 8.78 Å². The van der Waals surface area contributed by atoms with Gasteiger partial charge in [0.2, 0.25) is 0 Å². The Morgan fingerprint density at radius 1 is 0.789 bits per heavy atom. The molecule has 0 aliphatic heterocycles. The normalized spacial score (nSPS) is 44.2. The molecule has 2 fully saturated rings. The Morgan fingerprint density at radius 2 is 1.26 bits per heavy atom. The molecule has 2 rings (SSSR count). The van der Waals surface area contributed by atoms with Crippen molar-refractivity contribution in [3.05, 3.63) is 0 Å². The lowest BCUT2D eigenvalue weighted by atomic mass is 9.75. The van der Waals surface area contributed by atoms with Gasteiger partial charge in [-0.1, -0.05) is 33.1 Å². The molecule has 2 aliphatic rings. The van der Waals surface area contributed by atoms with Crippen LogP contribution in [-0.2, 0) is 0 Å². The molecule has 4 atom stereocenters. The van der Waals surface area contributed by atoms with Crippen molar-refractivity contribution in [1.29, 1.82) is 0 Å². The van der Waals surface area contributed by atoms with Gasteiger partial charge in [0.1, 0.15) is 12.3 Å². The summed E-state index contributed by atoms with van der Waals surface area (Å²) in [5.41, 5.74) is 0. The Balaban J connectivity index is 1.75. The van der Waals surface area contributed by atoms with Crippen LogP contribution in [0.5, 0.6) is 0 Å². The van der Waals surface area contributed by atoms with E-state index in [0.717, 1.165) is 29.9 Å². The van der Waals surface area contributed by atoms with Crippen LogP contribution in [0.1, 0.15) is 52.4 Å². The fourth-order valence-corrected chi connectivity index (χ4v) is 5.55. The first-order chi connectivity index (χ1) is 9.09. The number of alkyl halides is 2. The Hall–Kier alpha value is 0.210. The molecule has 19 heavy (non-hydrogen) atoms. The van der Waals surface area contributed by atoms with E-state index in [-0.39, 0.29) is 5.92 Å². The molecule has 3 heteroatoms. The summed E-state index contributed by atoms with van der Waals surface area (Å²) < 4.78 is 27.5. The number of halogens is 2. The molecule has 0 aromatic carbocycles. The summed E-state index contributed by atoms with van der Waals surface area (Å²) in [6, 6.07) is 0. The van der Waals surface area contributed by atoms with Crippen molar-refractivity contribution in [2.45, 2.75) is 64.7 Å². The second-order valence-electron chi connectivity index (χ2n) is 6.71. The van der Waals surface area contributed by atoms with Crippen LogP contribution in [0.15, 0.2) is 0 Å². The minimum atomic E-state index is -0.905. The van der Waals surface area contributed by atoms with Gasteiger partial charge < -0.3 is 0 Å². The molecule has 0 saturated heterocycles. The maximum atomic E-state index is 13.8. The zero-order valence-corrected chi connectivity index (χ0v) is 13.1. The van der Waals surface area contributed by atoms with E-state index >= 15 is 0 Å². The van der Waals surface area contributed by atoms with Gasteiger partial charge in [-0.2, -0.15) is 11.8 Å². The van der Waals surface area contributed by atoms with Gasteiger partial charge in [0.15, 0.2) is 0 Å². The minimum absolute atomic E-state index is 0.340.